The molecule has 4 N–H and O–H groups in total. The van der Waals surface area contributed by atoms with E-state index >= 15 is 0 Å². The fraction of sp³-hybridized carbons (Fsp3) is 0.725. The Hall–Kier alpha value is -2.56. The first-order chi connectivity index (χ1) is 25.1. The molecule has 52 heavy (non-hydrogen) atoms. The fourth-order valence-corrected chi connectivity index (χ4v) is 5.71. The maximum atomic E-state index is 12.5. The largest absolute Gasteiger partial charge is 0.480 e. The summed E-state index contributed by atoms with van der Waals surface area (Å²) >= 11 is 0. The van der Waals surface area contributed by atoms with Crippen molar-refractivity contribution < 1.29 is 47.5 Å². The van der Waals surface area contributed by atoms with Gasteiger partial charge in [0.1, 0.15) is 12.6 Å². The van der Waals surface area contributed by atoms with E-state index in [0.717, 1.165) is 57.8 Å². The number of allylic oxidation sites excluding steroid dienone is 8. The minimum atomic E-state index is -4.73. The molecule has 0 saturated carbocycles. The Balaban J connectivity index is 4.52. The molecule has 0 aliphatic carbocycles. The molecule has 0 radical (unpaired) electrons. The first-order valence-electron chi connectivity index (χ1n) is 19.7. The van der Waals surface area contributed by atoms with E-state index in [2.05, 4.69) is 54.8 Å². The van der Waals surface area contributed by atoms with Crippen LogP contribution in [0.15, 0.2) is 48.6 Å². The highest BCUT2D eigenvalue weighted by Crippen LogP contribution is 2.43. The van der Waals surface area contributed by atoms with Crippen molar-refractivity contribution in [2.75, 3.05) is 19.8 Å². The molecule has 0 heterocycles. The standard InChI is InChI=1S/C40H70NO10P/c1-3-5-7-9-11-13-15-17-18-20-21-23-25-27-29-31-38(42)48-33-36(34-49-52(46,47)50-35-37(41)40(44)45)51-39(43)32-30-28-26-24-22-19-16-14-12-10-8-6-4-2/h11,13,15,17,19,22,26,28,36-37H,3-10,12,14,16,18,20-21,23-25,27,29-35,41H2,1-2H3,(H,44,45)(H,46,47)/b13-11+,17-15+,22-19+,28-26+/t36?,37-/m0/s1. The van der Waals surface area contributed by atoms with Gasteiger partial charge in [0.25, 0.3) is 0 Å². The molecule has 12 heteroatoms. The van der Waals surface area contributed by atoms with Gasteiger partial charge in [0, 0.05) is 12.8 Å². The molecular weight excluding hydrogens is 685 g/mol. The lowest BCUT2D eigenvalue weighted by atomic mass is 10.1. The molecule has 0 fully saturated rings. The summed E-state index contributed by atoms with van der Waals surface area (Å²) in [5.74, 6) is -2.48. The van der Waals surface area contributed by atoms with Crippen LogP contribution in [0.25, 0.3) is 0 Å². The van der Waals surface area contributed by atoms with Crippen LogP contribution in [0.1, 0.15) is 155 Å². The lowest BCUT2D eigenvalue weighted by Gasteiger charge is -2.20. The number of nitrogens with two attached hydrogens (primary N) is 1. The molecule has 0 bridgehead atoms. The average Bonchev–Trinajstić information content (AvgIpc) is 3.12. The van der Waals surface area contributed by atoms with Crippen LogP contribution in [0.5, 0.6) is 0 Å². The van der Waals surface area contributed by atoms with Crippen LogP contribution in [-0.4, -0.2) is 59.9 Å². The zero-order valence-electron chi connectivity index (χ0n) is 32.1. The number of ether oxygens (including phenoxy) is 2. The van der Waals surface area contributed by atoms with E-state index in [1.165, 1.54) is 57.8 Å². The Morgan fingerprint density at radius 2 is 1.12 bits per heavy atom. The topological polar surface area (TPSA) is 172 Å². The molecule has 0 aliphatic rings. The SMILES string of the molecule is CCCCC/C=C/C=C/CCCCCCCCC(=O)OCC(COP(=O)(O)OC[C@H](N)C(=O)O)OC(=O)CC/C=C/C/C=C/CCCCCCCC. The average molecular weight is 756 g/mol. The van der Waals surface area contributed by atoms with Gasteiger partial charge in [0.2, 0.25) is 0 Å². The zero-order chi connectivity index (χ0) is 38.5. The van der Waals surface area contributed by atoms with E-state index in [1.807, 2.05) is 12.2 Å². The quantitative estimate of drug-likeness (QED) is 0.0183. The van der Waals surface area contributed by atoms with Gasteiger partial charge >= 0.3 is 25.7 Å². The molecule has 0 aromatic carbocycles. The van der Waals surface area contributed by atoms with E-state index in [1.54, 1.807) is 0 Å². The smallest absolute Gasteiger partial charge is 0.472 e. The number of aliphatic carboxylic acids is 1. The van der Waals surface area contributed by atoms with Crippen LogP contribution in [-0.2, 0) is 37.5 Å². The number of rotatable bonds is 36. The normalized spacial score (nSPS) is 14.4. The molecule has 0 amide bonds. The van der Waals surface area contributed by atoms with Crippen molar-refractivity contribution >= 4 is 25.7 Å². The second-order valence-electron chi connectivity index (χ2n) is 13.1. The number of hydrogen-bond acceptors (Lipinski definition) is 9. The highest BCUT2D eigenvalue weighted by atomic mass is 31.2. The number of carbonyl (C=O) groups is 3. The van der Waals surface area contributed by atoms with Gasteiger partial charge in [-0.05, 0) is 57.8 Å². The number of hydrogen-bond donors (Lipinski definition) is 3. The number of phosphoric acid groups is 1. The van der Waals surface area contributed by atoms with Crippen LogP contribution in [0.2, 0.25) is 0 Å². The maximum Gasteiger partial charge on any atom is 0.472 e. The van der Waals surface area contributed by atoms with Crippen LogP contribution in [0.4, 0.5) is 0 Å². The summed E-state index contributed by atoms with van der Waals surface area (Å²) in [4.78, 5) is 45.7. The van der Waals surface area contributed by atoms with E-state index in [9.17, 15) is 23.8 Å². The van der Waals surface area contributed by atoms with Gasteiger partial charge in [-0.2, -0.15) is 0 Å². The van der Waals surface area contributed by atoms with E-state index < -0.39 is 51.1 Å². The molecule has 0 aromatic heterocycles. The van der Waals surface area contributed by atoms with Gasteiger partial charge in [-0.15, -0.1) is 0 Å². The second-order valence-corrected chi connectivity index (χ2v) is 14.5. The molecule has 300 valence electrons. The lowest BCUT2D eigenvalue weighted by molar-refractivity contribution is -0.161. The molecule has 11 nitrogen and oxygen atoms in total. The summed E-state index contributed by atoms with van der Waals surface area (Å²) in [6.45, 7) is 2.67. The molecular formula is C40H70NO10P. The Morgan fingerprint density at radius 3 is 1.73 bits per heavy atom. The van der Waals surface area contributed by atoms with Crippen LogP contribution in [0.3, 0.4) is 0 Å². The minimum Gasteiger partial charge on any atom is -0.480 e. The monoisotopic (exact) mass is 755 g/mol. The molecule has 3 atom stereocenters. The van der Waals surface area contributed by atoms with Crippen LogP contribution < -0.4 is 5.73 Å². The van der Waals surface area contributed by atoms with E-state index in [0.29, 0.717) is 12.8 Å². The predicted molar refractivity (Wildman–Crippen MR) is 208 cm³/mol. The molecule has 2 unspecified atom stereocenters. The van der Waals surface area contributed by atoms with Crippen LogP contribution >= 0.6 is 7.82 Å². The highest BCUT2D eigenvalue weighted by molar-refractivity contribution is 7.47. The summed E-state index contributed by atoms with van der Waals surface area (Å²) < 4.78 is 32.5. The van der Waals surface area contributed by atoms with E-state index in [-0.39, 0.29) is 19.4 Å². The summed E-state index contributed by atoms with van der Waals surface area (Å²) in [5, 5.41) is 8.86. The van der Waals surface area contributed by atoms with Gasteiger partial charge < -0.3 is 25.2 Å². The Bertz CT molecular complexity index is 1070. The Labute approximate surface area is 314 Å². The predicted octanol–water partition coefficient (Wildman–Crippen LogP) is 9.83. The van der Waals surface area contributed by atoms with Gasteiger partial charge in [-0.1, -0.05) is 133 Å². The summed E-state index contributed by atoms with van der Waals surface area (Å²) in [6.07, 6.45) is 37.7. The first kappa shape index (κ1) is 49.4. The summed E-state index contributed by atoms with van der Waals surface area (Å²) in [5.41, 5.74) is 5.31. The number of carbonyl (C=O) groups excluding carboxylic acids is 2. The zero-order valence-corrected chi connectivity index (χ0v) is 33.0. The number of phosphoric ester groups is 1. The third-order valence-corrected chi connectivity index (χ3v) is 9.04. The molecule has 0 spiro atoms. The number of unbranched alkanes of at least 4 members (excludes halogenated alkanes) is 15. The van der Waals surface area contributed by atoms with Gasteiger partial charge in [0.15, 0.2) is 6.10 Å². The summed E-state index contributed by atoms with van der Waals surface area (Å²) in [6, 6.07) is -1.53. The maximum absolute atomic E-state index is 12.5. The number of esters is 2. The van der Waals surface area contributed by atoms with Crippen molar-refractivity contribution in [3.63, 3.8) is 0 Å². The van der Waals surface area contributed by atoms with E-state index in [4.69, 9.17) is 24.8 Å². The van der Waals surface area contributed by atoms with Crippen molar-refractivity contribution in [2.45, 2.75) is 167 Å². The molecule has 0 aliphatic heterocycles. The van der Waals surface area contributed by atoms with Gasteiger partial charge in [-0.3, -0.25) is 23.4 Å². The Morgan fingerprint density at radius 1 is 0.615 bits per heavy atom. The van der Waals surface area contributed by atoms with Crippen molar-refractivity contribution in [1.82, 2.24) is 0 Å². The van der Waals surface area contributed by atoms with Crippen molar-refractivity contribution in [1.29, 1.82) is 0 Å². The lowest BCUT2D eigenvalue weighted by Crippen LogP contribution is -2.34. The number of carboxylic acid groups (broad SMARTS) is 1. The van der Waals surface area contributed by atoms with Crippen molar-refractivity contribution in [2.24, 2.45) is 5.73 Å². The van der Waals surface area contributed by atoms with Crippen molar-refractivity contribution in [3.8, 4) is 0 Å². The molecule has 0 aromatic rings. The van der Waals surface area contributed by atoms with Gasteiger partial charge in [0.05, 0.1) is 13.2 Å². The van der Waals surface area contributed by atoms with Crippen LogP contribution in [0, 0.1) is 0 Å². The third-order valence-electron chi connectivity index (χ3n) is 8.09. The summed E-state index contributed by atoms with van der Waals surface area (Å²) in [7, 11) is -4.73. The fourth-order valence-electron chi connectivity index (χ4n) is 4.93. The number of carboxylic acids is 1. The third kappa shape index (κ3) is 34.5. The second kappa shape index (κ2) is 35.5. The minimum absolute atomic E-state index is 0.0512. The molecule has 0 rings (SSSR count). The first-order valence-corrected chi connectivity index (χ1v) is 21.2. The molecule has 0 saturated heterocycles. The highest BCUT2D eigenvalue weighted by Gasteiger charge is 2.28. The Kier molecular flexibility index (Phi) is 33.7. The van der Waals surface area contributed by atoms with Crippen molar-refractivity contribution in [3.05, 3.63) is 48.6 Å². The van der Waals surface area contributed by atoms with Gasteiger partial charge in [-0.25, -0.2) is 4.57 Å².